The molecule has 0 amide bonds. The maximum Gasteiger partial charge on any atom is 0.0175 e. The van der Waals surface area contributed by atoms with Crippen LogP contribution in [-0.2, 0) is 6.42 Å². The van der Waals surface area contributed by atoms with E-state index in [1.165, 1.54) is 18.4 Å². The van der Waals surface area contributed by atoms with Crippen molar-refractivity contribution in [2.45, 2.75) is 59.9 Å². The van der Waals surface area contributed by atoms with Crippen molar-refractivity contribution in [2.75, 3.05) is 6.54 Å². The minimum atomic E-state index is 0.424. The van der Waals surface area contributed by atoms with Gasteiger partial charge in [0.15, 0.2) is 0 Å². The van der Waals surface area contributed by atoms with Crippen LogP contribution in [0.2, 0.25) is 0 Å². The van der Waals surface area contributed by atoms with Crippen LogP contribution in [0.4, 0.5) is 0 Å². The molecular weight excluding hydrogens is 310 g/mol. The number of rotatable bonds is 7. The van der Waals surface area contributed by atoms with E-state index >= 15 is 0 Å². The Morgan fingerprint density at radius 2 is 1.75 bits per heavy atom. The quantitative estimate of drug-likeness (QED) is 0.698. The van der Waals surface area contributed by atoms with Crippen LogP contribution in [0.25, 0.3) is 0 Å². The fourth-order valence-corrected chi connectivity index (χ4v) is 3.31. The number of benzene rings is 1. The molecule has 20 heavy (non-hydrogen) atoms. The van der Waals surface area contributed by atoms with E-state index in [1.807, 2.05) is 0 Å². The highest BCUT2D eigenvalue weighted by Gasteiger charge is 2.19. The number of hydrogen-bond donors (Lipinski definition) is 1. The van der Waals surface area contributed by atoms with Crippen LogP contribution in [0.3, 0.4) is 0 Å². The SMILES string of the molecule is CCNC(Cc1ccc(Br)cc1)CC(C)CC(C)(C)C. The molecule has 0 spiro atoms. The molecule has 0 radical (unpaired) electrons. The van der Waals surface area contributed by atoms with Gasteiger partial charge in [-0.15, -0.1) is 0 Å². The minimum absolute atomic E-state index is 0.424. The predicted octanol–water partition coefficient (Wildman–Crippen LogP) is 5.43. The summed E-state index contributed by atoms with van der Waals surface area (Å²) in [6, 6.07) is 9.30. The molecule has 1 rings (SSSR count). The van der Waals surface area contributed by atoms with Crippen LogP contribution in [0.5, 0.6) is 0 Å². The van der Waals surface area contributed by atoms with Gasteiger partial charge in [-0.2, -0.15) is 0 Å². The monoisotopic (exact) mass is 339 g/mol. The standard InChI is InChI=1S/C18H30BrN/c1-6-20-17(11-14(2)13-18(3,4)5)12-15-7-9-16(19)10-8-15/h7-10,14,17,20H,6,11-13H2,1-5H3. The van der Waals surface area contributed by atoms with Gasteiger partial charge in [-0.1, -0.05) is 62.7 Å². The Morgan fingerprint density at radius 3 is 2.25 bits per heavy atom. The third-order valence-corrected chi connectivity index (χ3v) is 4.06. The van der Waals surface area contributed by atoms with Crippen molar-refractivity contribution in [3.8, 4) is 0 Å². The molecule has 1 aromatic carbocycles. The van der Waals surface area contributed by atoms with Crippen molar-refractivity contribution in [1.29, 1.82) is 0 Å². The summed E-state index contributed by atoms with van der Waals surface area (Å²) in [6.07, 6.45) is 3.66. The number of hydrogen-bond acceptors (Lipinski definition) is 1. The Bertz CT molecular complexity index is 377. The average molecular weight is 340 g/mol. The zero-order valence-corrected chi connectivity index (χ0v) is 15.3. The first-order valence-corrected chi connectivity index (χ1v) is 8.57. The predicted molar refractivity (Wildman–Crippen MR) is 93.2 cm³/mol. The Labute approximate surface area is 133 Å². The molecule has 1 nitrogen and oxygen atoms in total. The highest BCUT2D eigenvalue weighted by Crippen LogP contribution is 2.27. The molecule has 0 saturated heterocycles. The minimum Gasteiger partial charge on any atom is -0.314 e. The number of nitrogens with one attached hydrogen (secondary N) is 1. The molecule has 0 aromatic heterocycles. The lowest BCUT2D eigenvalue weighted by atomic mass is 9.82. The second kappa shape index (κ2) is 8.19. The highest BCUT2D eigenvalue weighted by molar-refractivity contribution is 9.10. The van der Waals surface area contributed by atoms with Crippen LogP contribution in [0.1, 0.15) is 53.0 Å². The number of likely N-dealkylation sites (N-methyl/N-ethyl adjacent to an activating group) is 1. The first kappa shape index (κ1) is 17.7. The van der Waals surface area contributed by atoms with Gasteiger partial charge in [0.1, 0.15) is 0 Å². The molecule has 0 saturated carbocycles. The Hall–Kier alpha value is -0.340. The summed E-state index contributed by atoms with van der Waals surface area (Å²) in [7, 11) is 0. The Balaban J connectivity index is 2.57. The van der Waals surface area contributed by atoms with Gasteiger partial charge in [-0.25, -0.2) is 0 Å². The van der Waals surface area contributed by atoms with E-state index < -0.39 is 0 Å². The van der Waals surface area contributed by atoms with E-state index in [1.54, 1.807) is 0 Å². The summed E-state index contributed by atoms with van der Waals surface area (Å²) in [5.41, 5.74) is 1.84. The molecular formula is C18H30BrN. The topological polar surface area (TPSA) is 12.0 Å². The van der Waals surface area contributed by atoms with Gasteiger partial charge >= 0.3 is 0 Å². The van der Waals surface area contributed by atoms with Gasteiger partial charge in [-0.05, 0) is 54.8 Å². The second-order valence-corrected chi connectivity index (χ2v) is 8.11. The molecule has 1 aromatic rings. The van der Waals surface area contributed by atoms with Crippen molar-refractivity contribution in [3.05, 3.63) is 34.3 Å². The lowest BCUT2D eigenvalue weighted by Gasteiger charge is -2.27. The molecule has 2 atom stereocenters. The summed E-state index contributed by atoms with van der Waals surface area (Å²) < 4.78 is 1.15. The maximum absolute atomic E-state index is 3.65. The van der Waals surface area contributed by atoms with Crippen molar-refractivity contribution < 1.29 is 0 Å². The van der Waals surface area contributed by atoms with Crippen molar-refractivity contribution >= 4 is 15.9 Å². The normalized spacial score (nSPS) is 15.1. The number of halogens is 1. The largest absolute Gasteiger partial charge is 0.314 e. The van der Waals surface area contributed by atoms with E-state index in [-0.39, 0.29) is 0 Å². The molecule has 2 heteroatoms. The van der Waals surface area contributed by atoms with Crippen molar-refractivity contribution in [1.82, 2.24) is 5.32 Å². The first-order valence-electron chi connectivity index (χ1n) is 7.78. The van der Waals surface area contributed by atoms with Gasteiger partial charge in [0.2, 0.25) is 0 Å². The third-order valence-electron chi connectivity index (χ3n) is 3.54. The lowest BCUT2D eigenvalue weighted by Crippen LogP contribution is -2.33. The zero-order chi connectivity index (χ0) is 15.2. The van der Waals surface area contributed by atoms with Crippen molar-refractivity contribution in [3.63, 3.8) is 0 Å². The summed E-state index contributed by atoms with van der Waals surface area (Å²) in [4.78, 5) is 0. The van der Waals surface area contributed by atoms with E-state index in [0.29, 0.717) is 11.5 Å². The fraction of sp³-hybridized carbons (Fsp3) is 0.667. The van der Waals surface area contributed by atoms with Crippen LogP contribution >= 0.6 is 15.9 Å². The van der Waals surface area contributed by atoms with Gasteiger partial charge in [0.05, 0.1) is 0 Å². The molecule has 114 valence electrons. The van der Waals surface area contributed by atoms with Gasteiger partial charge in [0, 0.05) is 10.5 Å². The summed E-state index contributed by atoms with van der Waals surface area (Å²) in [5.74, 6) is 0.759. The second-order valence-electron chi connectivity index (χ2n) is 7.19. The average Bonchev–Trinajstić information content (AvgIpc) is 2.30. The Morgan fingerprint density at radius 1 is 1.15 bits per heavy atom. The molecule has 0 aliphatic rings. The lowest BCUT2D eigenvalue weighted by molar-refractivity contribution is 0.275. The van der Waals surface area contributed by atoms with E-state index in [0.717, 1.165) is 23.4 Å². The summed E-state index contributed by atoms with van der Waals surface area (Å²) >= 11 is 3.50. The van der Waals surface area contributed by atoms with E-state index in [4.69, 9.17) is 0 Å². The summed E-state index contributed by atoms with van der Waals surface area (Å²) in [5, 5.41) is 3.65. The molecule has 0 heterocycles. The third kappa shape index (κ3) is 7.44. The van der Waals surface area contributed by atoms with Gasteiger partial charge in [-0.3, -0.25) is 0 Å². The molecule has 0 aliphatic carbocycles. The molecule has 0 aliphatic heterocycles. The highest BCUT2D eigenvalue weighted by atomic mass is 79.9. The van der Waals surface area contributed by atoms with E-state index in [2.05, 4.69) is 80.1 Å². The Kier molecular flexibility index (Phi) is 7.25. The van der Waals surface area contributed by atoms with Crippen LogP contribution in [-0.4, -0.2) is 12.6 Å². The first-order chi connectivity index (χ1) is 9.30. The molecule has 0 bridgehead atoms. The smallest absolute Gasteiger partial charge is 0.0175 e. The molecule has 2 unspecified atom stereocenters. The fourth-order valence-electron chi connectivity index (χ4n) is 3.05. The van der Waals surface area contributed by atoms with Gasteiger partial charge < -0.3 is 5.32 Å². The molecule has 1 N–H and O–H groups in total. The van der Waals surface area contributed by atoms with Crippen LogP contribution in [0, 0.1) is 11.3 Å². The van der Waals surface area contributed by atoms with Crippen LogP contribution in [0.15, 0.2) is 28.7 Å². The maximum atomic E-state index is 3.65. The van der Waals surface area contributed by atoms with Crippen LogP contribution < -0.4 is 5.32 Å². The molecule has 0 fully saturated rings. The van der Waals surface area contributed by atoms with Crippen molar-refractivity contribution in [2.24, 2.45) is 11.3 Å². The van der Waals surface area contributed by atoms with E-state index in [9.17, 15) is 0 Å². The zero-order valence-electron chi connectivity index (χ0n) is 13.7. The summed E-state index contributed by atoms with van der Waals surface area (Å²) in [6.45, 7) is 12.6. The van der Waals surface area contributed by atoms with Gasteiger partial charge in [0.25, 0.3) is 0 Å².